The van der Waals surface area contributed by atoms with Crippen molar-refractivity contribution in [1.82, 2.24) is 30.1 Å². The lowest BCUT2D eigenvalue weighted by atomic mass is 9.95. The van der Waals surface area contributed by atoms with Crippen LogP contribution in [0.4, 0.5) is 5.13 Å². The second-order valence-corrected chi connectivity index (χ2v) is 10.8. The summed E-state index contributed by atoms with van der Waals surface area (Å²) in [5.74, 6) is 2.45. The van der Waals surface area contributed by atoms with Gasteiger partial charge in [-0.2, -0.15) is 0 Å². The number of hydrogen-bond donors (Lipinski definition) is 0. The first-order chi connectivity index (χ1) is 18.2. The molecule has 3 heterocycles. The highest BCUT2D eigenvalue weighted by molar-refractivity contribution is 7.22. The van der Waals surface area contributed by atoms with Crippen LogP contribution in [0.15, 0.2) is 42.5 Å². The summed E-state index contributed by atoms with van der Waals surface area (Å²) in [6, 6.07) is 14.6. The van der Waals surface area contributed by atoms with Crippen LogP contribution >= 0.6 is 11.3 Å². The molecule has 2 aromatic carbocycles. The van der Waals surface area contributed by atoms with Crippen LogP contribution in [0.5, 0.6) is 11.5 Å². The fraction of sp³-hybridized carbons (Fsp3) is 0.481. The van der Waals surface area contributed by atoms with Crippen LogP contribution in [0, 0.1) is 0 Å². The van der Waals surface area contributed by atoms with E-state index in [-0.39, 0.29) is 6.04 Å². The number of methoxy groups -OCH3 is 2. The molecule has 0 amide bonds. The van der Waals surface area contributed by atoms with Gasteiger partial charge in [-0.15, -0.1) is 5.10 Å². The summed E-state index contributed by atoms with van der Waals surface area (Å²) < 4.78 is 14.7. The second kappa shape index (κ2) is 10.6. The zero-order valence-corrected chi connectivity index (χ0v) is 22.2. The number of nitrogens with zero attached hydrogens (tertiary/aromatic N) is 7. The minimum atomic E-state index is -0.115. The molecule has 0 N–H and O–H groups in total. The van der Waals surface area contributed by atoms with E-state index in [1.807, 2.05) is 18.2 Å². The molecule has 37 heavy (non-hydrogen) atoms. The SMILES string of the molecule is COc1ccc(C(c2nnnn2C2CCCCC2)N2CCN(c3nc4ccccc4s3)CC2)c(OC)c1. The molecule has 0 spiro atoms. The minimum absolute atomic E-state index is 0.115. The van der Waals surface area contributed by atoms with Gasteiger partial charge in [-0.25, -0.2) is 9.67 Å². The van der Waals surface area contributed by atoms with Crippen molar-refractivity contribution in [3.63, 3.8) is 0 Å². The summed E-state index contributed by atoms with van der Waals surface area (Å²) in [5.41, 5.74) is 2.13. The Bertz CT molecular complexity index is 1310. The van der Waals surface area contributed by atoms with E-state index < -0.39 is 0 Å². The van der Waals surface area contributed by atoms with Crippen LogP contribution < -0.4 is 14.4 Å². The van der Waals surface area contributed by atoms with Gasteiger partial charge >= 0.3 is 0 Å². The number of para-hydroxylation sites is 1. The van der Waals surface area contributed by atoms with Crippen LogP contribution in [0.25, 0.3) is 10.2 Å². The van der Waals surface area contributed by atoms with Crippen molar-refractivity contribution in [2.24, 2.45) is 0 Å². The Balaban J connectivity index is 1.32. The smallest absolute Gasteiger partial charge is 0.186 e. The van der Waals surface area contributed by atoms with Crippen LogP contribution in [0.1, 0.15) is 55.6 Å². The lowest BCUT2D eigenvalue weighted by Gasteiger charge is -2.39. The summed E-state index contributed by atoms with van der Waals surface area (Å²) in [4.78, 5) is 9.77. The third kappa shape index (κ3) is 4.75. The van der Waals surface area contributed by atoms with Crippen LogP contribution in [-0.2, 0) is 0 Å². The molecule has 2 fully saturated rings. The van der Waals surface area contributed by atoms with E-state index in [1.165, 1.54) is 24.0 Å². The molecule has 0 bridgehead atoms. The maximum absolute atomic E-state index is 5.86. The number of anilines is 1. The van der Waals surface area contributed by atoms with E-state index in [9.17, 15) is 0 Å². The zero-order valence-electron chi connectivity index (χ0n) is 21.4. The fourth-order valence-electron chi connectivity index (χ4n) is 5.68. The second-order valence-electron chi connectivity index (χ2n) is 9.77. The molecule has 1 atom stereocenters. The van der Waals surface area contributed by atoms with Crippen molar-refractivity contribution in [2.45, 2.75) is 44.2 Å². The normalized spacial score (nSPS) is 18.3. The largest absolute Gasteiger partial charge is 0.497 e. The third-order valence-electron chi connectivity index (χ3n) is 7.65. The molecule has 10 heteroatoms. The summed E-state index contributed by atoms with van der Waals surface area (Å²) >= 11 is 1.76. The molecule has 1 saturated heterocycles. The van der Waals surface area contributed by atoms with E-state index in [1.54, 1.807) is 25.6 Å². The Labute approximate surface area is 221 Å². The van der Waals surface area contributed by atoms with Gasteiger partial charge in [0, 0.05) is 37.8 Å². The summed E-state index contributed by atoms with van der Waals surface area (Å²) in [7, 11) is 3.39. The topological polar surface area (TPSA) is 81.4 Å². The monoisotopic (exact) mass is 519 g/mol. The summed E-state index contributed by atoms with van der Waals surface area (Å²) in [5, 5.41) is 14.4. The highest BCUT2D eigenvalue weighted by atomic mass is 32.1. The van der Waals surface area contributed by atoms with E-state index >= 15 is 0 Å². The Morgan fingerprint density at radius 3 is 2.51 bits per heavy atom. The van der Waals surface area contributed by atoms with Crippen molar-refractivity contribution in [1.29, 1.82) is 0 Å². The summed E-state index contributed by atoms with van der Waals surface area (Å²) in [6.07, 6.45) is 5.98. The maximum Gasteiger partial charge on any atom is 0.186 e. The molecule has 9 nitrogen and oxygen atoms in total. The van der Waals surface area contributed by atoms with E-state index in [4.69, 9.17) is 14.5 Å². The number of ether oxygens (including phenoxy) is 2. The molecule has 2 aliphatic rings. The molecule has 1 aliphatic heterocycles. The standard InChI is InChI=1S/C27H33N7O2S/c1-35-20-12-13-21(23(18-20)36-2)25(26-29-30-31-34(26)19-8-4-3-5-9-19)32-14-16-33(17-15-32)27-28-22-10-6-7-11-24(22)37-27/h6-7,10-13,18-19,25H,3-5,8-9,14-17H2,1-2H3. The molecule has 6 rings (SSSR count). The quantitative estimate of drug-likeness (QED) is 0.347. The average Bonchev–Trinajstić information content (AvgIpc) is 3.62. The van der Waals surface area contributed by atoms with E-state index in [0.29, 0.717) is 6.04 Å². The lowest BCUT2D eigenvalue weighted by Crippen LogP contribution is -2.48. The highest BCUT2D eigenvalue weighted by Crippen LogP contribution is 2.39. The zero-order chi connectivity index (χ0) is 25.2. The maximum atomic E-state index is 5.86. The van der Waals surface area contributed by atoms with E-state index in [0.717, 1.165) is 72.6 Å². The number of piperazine rings is 1. The third-order valence-corrected chi connectivity index (χ3v) is 8.75. The van der Waals surface area contributed by atoms with Crippen LogP contribution in [0.3, 0.4) is 0 Å². The summed E-state index contributed by atoms with van der Waals surface area (Å²) in [6.45, 7) is 3.51. The van der Waals surface area contributed by atoms with Gasteiger partial charge in [0.1, 0.15) is 17.5 Å². The van der Waals surface area contributed by atoms with Gasteiger partial charge in [0.05, 0.1) is 30.5 Å². The first-order valence-corrected chi connectivity index (χ1v) is 13.9. The number of tetrazole rings is 1. The van der Waals surface area contributed by atoms with Crippen molar-refractivity contribution in [3.05, 3.63) is 53.9 Å². The van der Waals surface area contributed by atoms with Gasteiger partial charge in [0.25, 0.3) is 0 Å². The number of benzene rings is 2. The first-order valence-electron chi connectivity index (χ1n) is 13.1. The molecular weight excluding hydrogens is 486 g/mol. The first kappa shape index (κ1) is 24.1. The fourth-order valence-corrected chi connectivity index (χ4v) is 6.69. The van der Waals surface area contributed by atoms with Crippen molar-refractivity contribution in [3.8, 4) is 11.5 Å². The number of fused-ring (bicyclic) bond motifs is 1. The van der Waals surface area contributed by atoms with Crippen LogP contribution in [-0.4, -0.2) is 70.5 Å². The van der Waals surface area contributed by atoms with Gasteiger partial charge in [-0.1, -0.05) is 42.7 Å². The minimum Gasteiger partial charge on any atom is -0.497 e. The predicted octanol–water partition coefficient (Wildman–Crippen LogP) is 4.72. The van der Waals surface area contributed by atoms with Crippen LogP contribution in [0.2, 0.25) is 0 Å². The predicted molar refractivity (Wildman–Crippen MR) is 145 cm³/mol. The number of rotatable bonds is 7. The Hall–Kier alpha value is -3.24. The van der Waals surface area contributed by atoms with Gasteiger partial charge in [0.2, 0.25) is 0 Å². The molecule has 1 unspecified atom stereocenters. The Kier molecular flexibility index (Phi) is 6.93. The van der Waals surface area contributed by atoms with Crippen molar-refractivity contribution in [2.75, 3.05) is 45.3 Å². The van der Waals surface area contributed by atoms with Crippen molar-refractivity contribution >= 4 is 26.7 Å². The average molecular weight is 520 g/mol. The molecular formula is C27H33N7O2S. The van der Waals surface area contributed by atoms with Gasteiger partial charge in [0.15, 0.2) is 11.0 Å². The highest BCUT2D eigenvalue weighted by Gasteiger charge is 2.35. The van der Waals surface area contributed by atoms with Gasteiger partial charge in [-0.05, 0) is 47.5 Å². The number of thiazole rings is 1. The van der Waals surface area contributed by atoms with Gasteiger partial charge in [-0.3, -0.25) is 4.90 Å². The molecule has 1 aliphatic carbocycles. The number of hydrogen-bond acceptors (Lipinski definition) is 9. The molecule has 194 valence electrons. The number of aromatic nitrogens is 5. The lowest BCUT2D eigenvalue weighted by molar-refractivity contribution is 0.190. The van der Waals surface area contributed by atoms with Crippen molar-refractivity contribution < 1.29 is 9.47 Å². The molecule has 1 saturated carbocycles. The molecule has 0 radical (unpaired) electrons. The molecule has 4 aromatic rings. The molecule has 2 aromatic heterocycles. The Morgan fingerprint density at radius 2 is 1.76 bits per heavy atom. The van der Waals surface area contributed by atoms with E-state index in [2.05, 4.69) is 54.3 Å². The Morgan fingerprint density at radius 1 is 0.946 bits per heavy atom. The van der Waals surface area contributed by atoms with Gasteiger partial charge < -0.3 is 14.4 Å².